The van der Waals surface area contributed by atoms with Crippen molar-refractivity contribution in [2.45, 2.75) is 39.2 Å². The first-order chi connectivity index (χ1) is 9.64. The normalized spacial score (nSPS) is 13.9. The lowest BCUT2D eigenvalue weighted by molar-refractivity contribution is 0.0811. The molecule has 20 heavy (non-hydrogen) atoms. The van der Waals surface area contributed by atoms with Crippen molar-refractivity contribution in [3.8, 4) is 6.07 Å². The molecule has 0 bridgehead atoms. The number of nitriles is 1. The zero-order valence-corrected chi connectivity index (χ0v) is 12.9. The molecule has 0 fully saturated rings. The van der Waals surface area contributed by atoms with Crippen molar-refractivity contribution in [1.82, 2.24) is 5.32 Å². The number of nitrogens with zero attached hydrogens (tertiary/aromatic N) is 1. The molecule has 0 aliphatic rings. The molecule has 110 valence electrons. The summed E-state index contributed by atoms with van der Waals surface area (Å²) in [6, 6.07) is 12.3. The molecular weight excluding hydrogens is 248 g/mol. The fourth-order valence-electron chi connectivity index (χ4n) is 1.98. The van der Waals surface area contributed by atoms with Gasteiger partial charge in [-0.15, -0.1) is 0 Å². The van der Waals surface area contributed by atoms with Crippen LogP contribution in [0, 0.1) is 17.2 Å². The van der Waals surface area contributed by atoms with Crippen molar-refractivity contribution in [2.75, 3.05) is 19.8 Å². The Morgan fingerprint density at radius 2 is 2.00 bits per heavy atom. The minimum absolute atomic E-state index is 0.389. The van der Waals surface area contributed by atoms with Gasteiger partial charge in [-0.25, -0.2) is 0 Å². The largest absolute Gasteiger partial charge is 0.378 e. The third-order valence-corrected chi connectivity index (χ3v) is 3.29. The monoisotopic (exact) mass is 274 g/mol. The summed E-state index contributed by atoms with van der Waals surface area (Å²) >= 11 is 0. The maximum Gasteiger partial charge on any atom is 0.155 e. The van der Waals surface area contributed by atoms with E-state index in [4.69, 9.17) is 4.74 Å². The molecule has 3 heteroatoms. The fourth-order valence-corrected chi connectivity index (χ4v) is 1.98. The van der Waals surface area contributed by atoms with E-state index >= 15 is 0 Å². The summed E-state index contributed by atoms with van der Waals surface area (Å²) in [5, 5.41) is 13.0. The van der Waals surface area contributed by atoms with Crippen LogP contribution in [0.4, 0.5) is 0 Å². The maximum atomic E-state index is 9.67. The summed E-state index contributed by atoms with van der Waals surface area (Å²) in [6.07, 6.45) is 2.01. The number of ether oxygens (including phenoxy) is 1. The van der Waals surface area contributed by atoms with Gasteiger partial charge in [0.05, 0.1) is 12.7 Å². The van der Waals surface area contributed by atoms with E-state index in [1.165, 1.54) is 0 Å². The number of hydrogen-bond acceptors (Lipinski definition) is 3. The van der Waals surface area contributed by atoms with Crippen LogP contribution in [0.3, 0.4) is 0 Å². The third-order valence-electron chi connectivity index (χ3n) is 3.29. The molecule has 0 aromatic heterocycles. The van der Waals surface area contributed by atoms with Crippen molar-refractivity contribution >= 4 is 0 Å². The summed E-state index contributed by atoms with van der Waals surface area (Å²) in [5.74, 6) is 0.617. The molecule has 1 atom stereocenters. The highest BCUT2D eigenvalue weighted by atomic mass is 16.5. The Bertz CT molecular complexity index is 411. The van der Waals surface area contributed by atoms with Gasteiger partial charge in [0.1, 0.15) is 0 Å². The van der Waals surface area contributed by atoms with Gasteiger partial charge in [-0.05, 0) is 30.9 Å². The second kappa shape index (κ2) is 8.73. The van der Waals surface area contributed by atoms with Crippen molar-refractivity contribution in [2.24, 2.45) is 5.92 Å². The van der Waals surface area contributed by atoms with Gasteiger partial charge in [0.25, 0.3) is 0 Å². The van der Waals surface area contributed by atoms with Crippen LogP contribution in [0.15, 0.2) is 30.3 Å². The number of rotatable bonds is 9. The van der Waals surface area contributed by atoms with Crippen LogP contribution in [-0.4, -0.2) is 19.8 Å². The highest BCUT2D eigenvalue weighted by Gasteiger charge is 2.31. The molecule has 1 rings (SSSR count). The molecule has 0 saturated carbocycles. The standard InChI is InChI=1S/C17H26N2O/c1-4-11-19-17(13-18,14-20-12-10-15(2)3)16-8-6-5-7-9-16/h5-9,15,19H,4,10-12,14H2,1-3H3. The van der Waals surface area contributed by atoms with E-state index < -0.39 is 5.54 Å². The second-order valence-electron chi connectivity index (χ2n) is 5.55. The summed E-state index contributed by atoms with van der Waals surface area (Å²) in [7, 11) is 0. The van der Waals surface area contributed by atoms with Gasteiger partial charge in [-0.1, -0.05) is 51.1 Å². The van der Waals surface area contributed by atoms with E-state index in [0.29, 0.717) is 19.1 Å². The number of hydrogen-bond donors (Lipinski definition) is 1. The van der Waals surface area contributed by atoms with Crippen LogP contribution < -0.4 is 5.32 Å². The minimum Gasteiger partial charge on any atom is -0.378 e. The van der Waals surface area contributed by atoms with Crippen LogP contribution in [0.5, 0.6) is 0 Å². The molecule has 0 spiro atoms. The second-order valence-corrected chi connectivity index (χ2v) is 5.55. The van der Waals surface area contributed by atoms with Gasteiger partial charge in [-0.3, -0.25) is 5.32 Å². The molecule has 0 heterocycles. The van der Waals surface area contributed by atoms with Crippen molar-refractivity contribution < 1.29 is 4.74 Å². The summed E-state index contributed by atoms with van der Waals surface area (Å²) in [6.45, 7) is 8.33. The van der Waals surface area contributed by atoms with E-state index in [0.717, 1.165) is 24.9 Å². The highest BCUT2D eigenvalue weighted by Crippen LogP contribution is 2.21. The number of benzene rings is 1. The summed E-state index contributed by atoms with van der Waals surface area (Å²) < 4.78 is 5.77. The van der Waals surface area contributed by atoms with Crippen LogP contribution in [-0.2, 0) is 10.3 Å². The van der Waals surface area contributed by atoms with Crippen LogP contribution >= 0.6 is 0 Å². The third kappa shape index (κ3) is 4.96. The Hall–Kier alpha value is -1.37. The Balaban J connectivity index is 2.76. The Morgan fingerprint density at radius 3 is 2.55 bits per heavy atom. The average Bonchev–Trinajstić information content (AvgIpc) is 2.48. The predicted octanol–water partition coefficient (Wildman–Crippen LogP) is 3.47. The lowest BCUT2D eigenvalue weighted by Crippen LogP contribution is -2.45. The molecule has 1 N–H and O–H groups in total. The lowest BCUT2D eigenvalue weighted by atomic mass is 9.92. The first-order valence-electron chi connectivity index (χ1n) is 7.44. The fraction of sp³-hybridized carbons (Fsp3) is 0.588. The molecule has 1 aromatic carbocycles. The Morgan fingerprint density at radius 1 is 1.30 bits per heavy atom. The van der Waals surface area contributed by atoms with Crippen molar-refractivity contribution in [1.29, 1.82) is 5.26 Å². The van der Waals surface area contributed by atoms with Gasteiger partial charge < -0.3 is 4.74 Å². The van der Waals surface area contributed by atoms with Crippen molar-refractivity contribution in [3.05, 3.63) is 35.9 Å². The molecule has 0 amide bonds. The van der Waals surface area contributed by atoms with E-state index in [-0.39, 0.29) is 0 Å². The quantitative estimate of drug-likeness (QED) is 0.701. The van der Waals surface area contributed by atoms with Gasteiger partial charge in [0.2, 0.25) is 0 Å². The van der Waals surface area contributed by atoms with E-state index in [1.54, 1.807) is 0 Å². The SMILES string of the molecule is CCCNC(C#N)(COCCC(C)C)c1ccccc1. The summed E-state index contributed by atoms with van der Waals surface area (Å²) in [5.41, 5.74) is 0.231. The molecule has 3 nitrogen and oxygen atoms in total. The molecular formula is C17H26N2O. The molecule has 0 radical (unpaired) electrons. The van der Waals surface area contributed by atoms with Crippen LogP contribution in [0.25, 0.3) is 0 Å². The topological polar surface area (TPSA) is 45.0 Å². The predicted molar refractivity (Wildman–Crippen MR) is 82.3 cm³/mol. The van der Waals surface area contributed by atoms with Gasteiger partial charge in [0, 0.05) is 6.61 Å². The van der Waals surface area contributed by atoms with Crippen LogP contribution in [0.2, 0.25) is 0 Å². The van der Waals surface area contributed by atoms with E-state index in [1.807, 2.05) is 30.3 Å². The zero-order valence-electron chi connectivity index (χ0n) is 12.9. The maximum absolute atomic E-state index is 9.67. The van der Waals surface area contributed by atoms with Gasteiger partial charge >= 0.3 is 0 Å². The summed E-state index contributed by atoms with van der Waals surface area (Å²) in [4.78, 5) is 0. The van der Waals surface area contributed by atoms with E-state index in [2.05, 4.69) is 32.2 Å². The minimum atomic E-state index is -0.742. The number of nitrogens with one attached hydrogen (secondary N) is 1. The highest BCUT2D eigenvalue weighted by molar-refractivity contribution is 5.31. The lowest BCUT2D eigenvalue weighted by Gasteiger charge is -2.28. The Kier molecular flexibility index (Phi) is 7.28. The molecule has 1 unspecified atom stereocenters. The average molecular weight is 274 g/mol. The smallest absolute Gasteiger partial charge is 0.155 e. The molecule has 0 aliphatic heterocycles. The zero-order chi connectivity index (χ0) is 14.8. The van der Waals surface area contributed by atoms with Gasteiger partial charge in [-0.2, -0.15) is 5.26 Å². The first-order valence-corrected chi connectivity index (χ1v) is 7.44. The van der Waals surface area contributed by atoms with Crippen LogP contribution in [0.1, 0.15) is 39.2 Å². The van der Waals surface area contributed by atoms with E-state index in [9.17, 15) is 5.26 Å². The molecule has 1 aromatic rings. The van der Waals surface area contributed by atoms with Gasteiger partial charge in [0.15, 0.2) is 5.54 Å². The molecule has 0 aliphatic carbocycles. The molecule has 0 saturated heterocycles. The first kappa shape index (κ1) is 16.7. The van der Waals surface area contributed by atoms with Crippen molar-refractivity contribution in [3.63, 3.8) is 0 Å². The Labute approximate surface area is 123 Å².